The molecule has 1 aromatic rings. The highest BCUT2D eigenvalue weighted by atomic mass is 79.9. The van der Waals surface area contributed by atoms with Crippen molar-refractivity contribution in [3.05, 3.63) is 28.2 Å². The van der Waals surface area contributed by atoms with Crippen molar-refractivity contribution < 1.29 is 9.59 Å². The van der Waals surface area contributed by atoms with Crippen LogP contribution in [-0.2, 0) is 11.2 Å². The van der Waals surface area contributed by atoms with Gasteiger partial charge in [-0.2, -0.15) is 0 Å². The van der Waals surface area contributed by atoms with Crippen molar-refractivity contribution in [2.45, 2.75) is 12.8 Å². The van der Waals surface area contributed by atoms with Gasteiger partial charge in [-0.05, 0) is 24.1 Å². The summed E-state index contributed by atoms with van der Waals surface area (Å²) in [4.78, 5) is 24.0. The third-order valence-electron chi connectivity index (χ3n) is 2.91. The molecule has 0 aliphatic carbocycles. The maximum atomic E-state index is 11.3. The quantitative estimate of drug-likeness (QED) is 0.886. The Balaban J connectivity index is 1.95. The lowest BCUT2D eigenvalue weighted by Gasteiger charge is -2.18. The van der Waals surface area contributed by atoms with Crippen LogP contribution in [0.25, 0.3) is 0 Å². The monoisotopic (exact) mass is 311 g/mol. The average Bonchev–Trinajstić information content (AvgIpc) is 2.68. The normalized spacial score (nSPS) is 13.3. The molecular formula is C12H14BrN3O2. The number of urea groups is 1. The van der Waals surface area contributed by atoms with Gasteiger partial charge in [-0.3, -0.25) is 10.1 Å². The van der Waals surface area contributed by atoms with Crippen molar-refractivity contribution >= 4 is 33.6 Å². The second-order valence-electron chi connectivity index (χ2n) is 4.17. The number of carbonyl (C=O) groups excluding carboxylic acids is 2. The molecule has 0 bridgehead atoms. The molecule has 6 heteroatoms. The van der Waals surface area contributed by atoms with Crippen LogP contribution in [0.5, 0.6) is 0 Å². The van der Waals surface area contributed by atoms with Gasteiger partial charge in [0.25, 0.3) is 0 Å². The van der Waals surface area contributed by atoms with E-state index in [1.807, 2.05) is 12.1 Å². The molecule has 1 heterocycles. The third-order valence-corrected chi connectivity index (χ3v) is 3.40. The third kappa shape index (κ3) is 3.01. The van der Waals surface area contributed by atoms with E-state index in [0.717, 1.165) is 23.1 Å². The number of nitrogens with one attached hydrogen (secondary N) is 1. The van der Waals surface area contributed by atoms with E-state index in [1.54, 1.807) is 0 Å². The lowest BCUT2D eigenvalue weighted by molar-refractivity contribution is -0.119. The molecule has 0 fully saturated rings. The molecule has 0 spiro atoms. The summed E-state index contributed by atoms with van der Waals surface area (Å²) >= 11 is 3.44. The van der Waals surface area contributed by atoms with Crippen molar-refractivity contribution in [2.24, 2.45) is 5.73 Å². The molecule has 5 nitrogen and oxygen atoms in total. The number of anilines is 1. The molecular weight excluding hydrogens is 298 g/mol. The van der Waals surface area contributed by atoms with Crippen molar-refractivity contribution in [1.82, 2.24) is 5.32 Å². The largest absolute Gasteiger partial charge is 0.370 e. The maximum Gasteiger partial charge on any atom is 0.318 e. The summed E-state index contributed by atoms with van der Waals surface area (Å²) in [6.07, 6.45) is 1.24. The molecule has 3 amide bonds. The zero-order chi connectivity index (χ0) is 13.1. The summed E-state index contributed by atoms with van der Waals surface area (Å²) in [6, 6.07) is 5.35. The highest BCUT2D eigenvalue weighted by Crippen LogP contribution is 2.30. The summed E-state index contributed by atoms with van der Waals surface area (Å²) in [5.74, 6) is -0.342. The van der Waals surface area contributed by atoms with Gasteiger partial charge in [-0.15, -0.1) is 0 Å². The Bertz CT molecular complexity index is 490. The van der Waals surface area contributed by atoms with E-state index in [4.69, 9.17) is 5.73 Å². The standard InChI is InChI=1S/C12H14BrN3O2/c13-9-2-1-8-3-5-16(10(8)7-9)6-4-11(17)15-12(14)18/h1-2,7H,3-6H2,(H3,14,15,17,18). The Morgan fingerprint density at radius 2 is 2.22 bits per heavy atom. The minimum Gasteiger partial charge on any atom is -0.370 e. The summed E-state index contributed by atoms with van der Waals surface area (Å²) in [5.41, 5.74) is 7.32. The van der Waals surface area contributed by atoms with Gasteiger partial charge in [0.2, 0.25) is 5.91 Å². The Kier molecular flexibility index (Phi) is 3.86. The first kappa shape index (κ1) is 12.9. The Morgan fingerprint density at radius 3 is 2.94 bits per heavy atom. The van der Waals surface area contributed by atoms with E-state index in [-0.39, 0.29) is 12.3 Å². The van der Waals surface area contributed by atoms with Crippen molar-refractivity contribution in [3.63, 3.8) is 0 Å². The topological polar surface area (TPSA) is 75.4 Å². The molecule has 0 radical (unpaired) electrons. The van der Waals surface area contributed by atoms with Crippen LogP contribution >= 0.6 is 15.9 Å². The number of hydrogen-bond donors (Lipinski definition) is 2. The Morgan fingerprint density at radius 1 is 1.44 bits per heavy atom. The summed E-state index contributed by atoms with van der Waals surface area (Å²) in [7, 11) is 0. The molecule has 2 rings (SSSR count). The summed E-state index contributed by atoms with van der Waals surface area (Å²) in [6.45, 7) is 1.48. The van der Waals surface area contributed by atoms with Gasteiger partial charge in [0.05, 0.1) is 0 Å². The predicted molar refractivity (Wildman–Crippen MR) is 72.4 cm³/mol. The molecule has 1 aliphatic rings. The lowest BCUT2D eigenvalue weighted by atomic mass is 10.2. The zero-order valence-corrected chi connectivity index (χ0v) is 11.4. The van der Waals surface area contributed by atoms with Crippen LogP contribution in [0.2, 0.25) is 0 Å². The number of nitrogens with zero attached hydrogens (tertiary/aromatic N) is 1. The maximum absolute atomic E-state index is 11.3. The first-order valence-electron chi connectivity index (χ1n) is 5.69. The molecule has 18 heavy (non-hydrogen) atoms. The molecule has 0 saturated carbocycles. The molecule has 96 valence electrons. The molecule has 0 aromatic heterocycles. The van der Waals surface area contributed by atoms with Gasteiger partial charge in [-0.25, -0.2) is 4.79 Å². The first-order valence-corrected chi connectivity index (χ1v) is 6.48. The Labute approximate surface area is 113 Å². The minimum atomic E-state index is -0.801. The van der Waals surface area contributed by atoms with E-state index in [0.29, 0.717) is 6.54 Å². The van der Waals surface area contributed by atoms with E-state index in [2.05, 4.69) is 32.2 Å². The van der Waals surface area contributed by atoms with E-state index >= 15 is 0 Å². The van der Waals surface area contributed by atoms with E-state index in [1.165, 1.54) is 5.56 Å². The van der Waals surface area contributed by atoms with Crippen molar-refractivity contribution in [2.75, 3.05) is 18.0 Å². The fraction of sp³-hybridized carbons (Fsp3) is 0.333. The lowest BCUT2D eigenvalue weighted by Crippen LogP contribution is -2.37. The van der Waals surface area contributed by atoms with Gasteiger partial charge in [0, 0.05) is 29.7 Å². The second kappa shape index (κ2) is 5.39. The molecule has 0 saturated heterocycles. The van der Waals surface area contributed by atoms with Crippen LogP contribution in [-0.4, -0.2) is 25.0 Å². The summed E-state index contributed by atoms with van der Waals surface area (Å²) < 4.78 is 1.02. The number of primary amides is 1. The molecule has 0 atom stereocenters. The van der Waals surface area contributed by atoms with Gasteiger partial charge >= 0.3 is 6.03 Å². The van der Waals surface area contributed by atoms with E-state index in [9.17, 15) is 9.59 Å². The van der Waals surface area contributed by atoms with Crippen LogP contribution in [0.15, 0.2) is 22.7 Å². The van der Waals surface area contributed by atoms with Crippen LogP contribution in [0.1, 0.15) is 12.0 Å². The second-order valence-corrected chi connectivity index (χ2v) is 5.09. The molecule has 0 unspecified atom stereocenters. The predicted octanol–water partition coefficient (Wildman–Crippen LogP) is 1.40. The number of fused-ring (bicyclic) bond motifs is 1. The SMILES string of the molecule is NC(=O)NC(=O)CCN1CCc2ccc(Br)cc21. The highest BCUT2D eigenvalue weighted by Gasteiger charge is 2.19. The number of rotatable bonds is 3. The van der Waals surface area contributed by atoms with Gasteiger partial charge in [-0.1, -0.05) is 22.0 Å². The zero-order valence-electron chi connectivity index (χ0n) is 9.78. The average molecular weight is 312 g/mol. The van der Waals surface area contributed by atoms with Gasteiger partial charge in [0.1, 0.15) is 0 Å². The number of benzene rings is 1. The number of halogens is 1. The van der Waals surface area contributed by atoms with E-state index < -0.39 is 6.03 Å². The fourth-order valence-electron chi connectivity index (χ4n) is 2.09. The number of imide groups is 1. The number of amides is 3. The molecule has 3 N–H and O–H groups in total. The van der Waals surface area contributed by atoms with Crippen molar-refractivity contribution in [3.8, 4) is 0 Å². The minimum absolute atomic E-state index is 0.259. The van der Waals surface area contributed by atoms with Gasteiger partial charge in [0.15, 0.2) is 0 Å². The Hall–Kier alpha value is -1.56. The smallest absolute Gasteiger partial charge is 0.318 e. The number of carbonyl (C=O) groups is 2. The fourth-order valence-corrected chi connectivity index (χ4v) is 2.44. The molecule has 1 aliphatic heterocycles. The summed E-state index contributed by atoms with van der Waals surface area (Å²) in [5, 5.41) is 2.07. The van der Waals surface area contributed by atoms with Crippen LogP contribution in [0.4, 0.5) is 10.5 Å². The van der Waals surface area contributed by atoms with Crippen LogP contribution in [0, 0.1) is 0 Å². The van der Waals surface area contributed by atoms with Crippen molar-refractivity contribution in [1.29, 1.82) is 0 Å². The highest BCUT2D eigenvalue weighted by molar-refractivity contribution is 9.10. The molecule has 1 aromatic carbocycles. The van der Waals surface area contributed by atoms with Gasteiger partial charge < -0.3 is 10.6 Å². The number of hydrogen-bond acceptors (Lipinski definition) is 3. The van der Waals surface area contributed by atoms with Crippen LogP contribution in [0.3, 0.4) is 0 Å². The number of nitrogens with two attached hydrogens (primary N) is 1. The van der Waals surface area contributed by atoms with Crippen LogP contribution < -0.4 is 16.0 Å². The first-order chi connectivity index (χ1) is 8.56.